The Bertz CT molecular complexity index is 2520. The van der Waals surface area contributed by atoms with Crippen LogP contribution in [0.4, 0.5) is 21.0 Å². The number of carbonyl (C=O) groups excluding carboxylic acids is 6. The fourth-order valence-electron chi connectivity index (χ4n) is 9.30. The second kappa shape index (κ2) is 27.0. The second-order valence-corrected chi connectivity index (χ2v) is 20.3. The molecule has 432 valence electrons. The van der Waals surface area contributed by atoms with Gasteiger partial charge >= 0.3 is 18.2 Å². The smallest absolute Gasteiger partial charge is 0.410 e. The second-order valence-electron chi connectivity index (χ2n) is 20.3. The minimum atomic E-state index is -2.05. The number of hydrogen-bond donors (Lipinski definition) is 8. The third-order valence-corrected chi connectivity index (χ3v) is 14.9. The number of likely N-dealkylation sites (N-methyl/N-ethyl adjacent to an activating group) is 2. The first-order valence-electron chi connectivity index (χ1n) is 25.7. The number of esters is 1. The van der Waals surface area contributed by atoms with E-state index >= 15 is 0 Å². The summed E-state index contributed by atoms with van der Waals surface area (Å²) in [5, 5.41) is 70.2. The summed E-state index contributed by atoms with van der Waals surface area (Å²) in [6.07, 6.45) is -6.33. The Hall–Kier alpha value is -6.38. The number of alkyl carbamates (subject to hydrolysis) is 1. The van der Waals surface area contributed by atoms with Crippen LogP contribution < -0.4 is 25.0 Å². The van der Waals surface area contributed by atoms with E-state index in [9.17, 15) is 59.4 Å². The number of carbonyl (C=O) groups is 6. The number of benzene rings is 2. The van der Waals surface area contributed by atoms with E-state index in [0.29, 0.717) is 35.4 Å². The van der Waals surface area contributed by atoms with Crippen molar-refractivity contribution in [2.45, 2.75) is 147 Å². The van der Waals surface area contributed by atoms with Crippen LogP contribution in [-0.4, -0.2) is 191 Å². The number of methoxy groups -OCH3 is 2. The third kappa shape index (κ3) is 14.8. The van der Waals surface area contributed by atoms with Crippen molar-refractivity contribution in [1.82, 2.24) is 15.1 Å². The van der Waals surface area contributed by atoms with E-state index in [1.807, 2.05) is 18.2 Å². The molecule has 5 rings (SSSR count). The molecule has 2 saturated heterocycles. The third-order valence-electron chi connectivity index (χ3n) is 14.9. The lowest BCUT2D eigenvalue weighted by Gasteiger charge is -2.46. The van der Waals surface area contributed by atoms with E-state index in [1.54, 1.807) is 53.0 Å². The average molecular weight is 1100 g/mol. The molecule has 5 amide bonds. The molecule has 0 saturated carbocycles. The Balaban J connectivity index is 1.33. The fraction of sp³-hybridized carbons (Fsp3) is 0.593. The van der Waals surface area contributed by atoms with Crippen molar-refractivity contribution in [3.8, 4) is 11.5 Å². The van der Waals surface area contributed by atoms with Gasteiger partial charge in [-0.15, -0.1) is 0 Å². The van der Waals surface area contributed by atoms with Crippen LogP contribution >= 0.6 is 0 Å². The van der Waals surface area contributed by atoms with Crippen LogP contribution in [0.5, 0.6) is 11.5 Å². The van der Waals surface area contributed by atoms with Gasteiger partial charge in [0.1, 0.15) is 79.0 Å². The Morgan fingerprint density at radius 1 is 1.00 bits per heavy atom. The molecule has 78 heavy (non-hydrogen) atoms. The van der Waals surface area contributed by atoms with E-state index in [2.05, 4.69) is 10.6 Å². The summed E-state index contributed by atoms with van der Waals surface area (Å²) in [7, 11) is 7.01. The topological polar surface area (TPSA) is 322 Å². The molecule has 2 aromatic carbocycles. The molecule has 2 fully saturated rings. The molecule has 5 unspecified atom stereocenters. The van der Waals surface area contributed by atoms with Crippen LogP contribution in [0.2, 0.25) is 0 Å². The predicted molar refractivity (Wildman–Crippen MR) is 280 cm³/mol. The average Bonchev–Trinajstić information content (AvgIpc) is 3.43. The minimum Gasteiger partial charge on any atom is -0.496 e. The van der Waals surface area contributed by atoms with Gasteiger partial charge in [-0.3, -0.25) is 19.7 Å². The van der Waals surface area contributed by atoms with Crippen LogP contribution in [0.25, 0.3) is 0 Å². The molecule has 24 nitrogen and oxygen atoms in total. The van der Waals surface area contributed by atoms with Crippen LogP contribution in [0, 0.1) is 18.8 Å². The molecule has 4 bridgehead atoms. The number of anilines is 2. The minimum absolute atomic E-state index is 0.0242. The highest BCUT2D eigenvalue weighted by molar-refractivity contribution is 5.95. The quantitative estimate of drug-likeness (QED) is 0.0936. The number of ether oxygens (including phenoxy) is 7. The van der Waals surface area contributed by atoms with Crippen molar-refractivity contribution in [2.75, 3.05) is 58.7 Å². The molecule has 2 aromatic rings. The molecule has 3 aliphatic rings. The largest absolute Gasteiger partial charge is 0.496 e. The van der Waals surface area contributed by atoms with E-state index in [0.717, 1.165) is 15.4 Å². The zero-order valence-corrected chi connectivity index (χ0v) is 46.0. The van der Waals surface area contributed by atoms with Gasteiger partial charge in [0, 0.05) is 46.7 Å². The monoisotopic (exact) mass is 1100 g/mol. The number of rotatable bonds is 15. The molecule has 3 heterocycles. The normalized spacial score (nSPS) is 29.9. The highest BCUT2D eigenvalue weighted by Gasteiger charge is 2.52. The molecule has 24 heteroatoms. The van der Waals surface area contributed by atoms with Crippen molar-refractivity contribution in [3.63, 3.8) is 0 Å². The number of fused-ring (bicyclic) bond motifs is 4. The number of nitrogens with one attached hydrogen (secondary N) is 2. The van der Waals surface area contributed by atoms with E-state index < -0.39 is 134 Å². The van der Waals surface area contributed by atoms with E-state index in [4.69, 9.17) is 33.2 Å². The van der Waals surface area contributed by atoms with Crippen LogP contribution in [-0.2, 0) is 55.9 Å². The molecular formula is C54H77N5O19. The summed E-state index contributed by atoms with van der Waals surface area (Å²) in [5.74, 6) is -3.90. The van der Waals surface area contributed by atoms with E-state index in [1.165, 1.54) is 65.3 Å². The van der Waals surface area contributed by atoms with Crippen molar-refractivity contribution in [3.05, 3.63) is 71.3 Å². The first kappa shape index (κ1) is 62.5. The lowest BCUT2D eigenvalue weighted by Crippen LogP contribution is -2.64. The lowest BCUT2D eigenvalue weighted by molar-refractivity contribution is -0.277. The Labute approximate surface area is 453 Å². The van der Waals surface area contributed by atoms with Crippen molar-refractivity contribution < 1.29 is 92.6 Å². The van der Waals surface area contributed by atoms with Gasteiger partial charge in [0.05, 0.1) is 31.5 Å². The van der Waals surface area contributed by atoms with Crippen molar-refractivity contribution in [1.29, 1.82) is 0 Å². The van der Waals surface area contributed by atoms with Gasteiger partial charge in [-0.2, -0.15) is 0 Å². The van der Waals surface area contributed by atoms with Gasteiger partial charge in [0.15, 0.2) is 5.72 Å². The number of allylic oxidation sites excluding steroid dienone is 3. The molecule has 13 atom stereocenters. The highest BCUT2D eigenvalue weighted by atomic mass is 16.7. The summed E-state index contributed by atoms with van der Waals surface area (Å²) < 4.78 is 39.8. The Morgan fingerprint density at radius 3 is 2.36 bits per heavy atom. The summed E-state index contributed by atoms with van der Waals surface area (Å²) in [4.78, 5) is 84.8. The molecule has 0 aromatic heterocycles. The molecule has 8 N–H and O–H groups in total. The number of aliphatic hydroxyl groups is 6. The van der Waals surface area contributed by atoms with Gasteiger partial charge in [-0.25, -0.2) is 14.4 Å². The number of amides is 5. The van der Waals surface area contributed by atoms with Crippen molar-refractivity contribution in [2.24, 2.45) is 11.8 Å². The zero-order chi connectivity index (χ0) is 58.0. The summed E-state index contributed by atoms with van der Waals surface area (Å²) in [6, 6.07) is 6.57. The lowest BCUT2D eigenvalue weighted by atomic mass is 9.73. The summed E-state index contributed by atoms with van der Waals surface area (Å²) in [5.41, 5.74) is -1.69. The molecule has 3 aliphatic heterocycles. The van der Waals surface area contributed by atoms with Crippen LogP contribution in [0.3, 0.4) is 0 Å². The summed E-state index contributed by atoms with van der Waals surface area (Å²) >= 11 is 0. The van der Waals surface area contributed by atoms with Gasteiger partial charge in [-0.05, 0) is 80.8 Å². The number of hydrogen-bond acceptors (Lipinski definition) is 19. The molecule has 0 radical (unpaired) electrons. The summed E-state index contributed by atoms with van der Waals surface area (Å²) in [6.45, 7) is 7.98. The SMILES string of the molecule is CCCC(=O)Nc1cc(COC(=O)N(C)CC(=O)N(C)[C@@H](C)C(=O)O[C@H]2CC(=O)N(C)c3cc(cc(OC)c3C)C/C=C/C=C/[C@@H](OC)[C@@]3(O)C[C@H](OC(=O)N3)[C@@H](C)[C@H](C)[C@@]2(C)O)ccc1OC1OC(CO)C(O)C(O)C1O. The van der Waals surface area contributed by atoms with Crippen molar-refractivity contribution >= 4 is 47.3 Å². The van der Waals surface area contributed by atoms with Gasteiger partial charge in [-0.1, -0.05) is 51.1 Å². The number of aliphatic hydroxyl groups excluding tert-OH is 4. The first-order chi connectivity index (χ1) is 36.7. The molecule has 0 spiro atoms. The molecular weight excluding hydrogens is 1020 g/mol. The van der Waals surface area contributed by atoms with Crippen LogP contribution in [0.1, 0.15) is 77.0 Å². The maximum atomic E-state index is 14.4. The number of nitrogens with zero attached hydrogens (tertiary/aromatic N) is 3. The first-order valence-corrected chi connectivity index (χ1v) is 25.7. The highest BCUT2D eigenvalue weighted by Crippen LogP contribution is 2.39. The zero-order valence-electron chi connectivity index (χ0n) is 46.0. The maximum Gasteiger partial charge on any atom is 0.410 e. The standard InChI is InChI=1S/C54H77N5O19/c1-12-16-43(61)55-35-21-34(19-20-37(35)75-50-48(66)47(65)46(64)40(27-60)76-50)28-74-52(69)57(7)26-45(63)58(8)32(5)49(67)78-42-24-44(62)59(9)36-22-33(23-38(72-10)30(36)3)17-14-13-15-18-41(73-11)54(71)25-39(77-51(68)56-54)29(2)31(4)53(42,6)70/h13-15,18-23,29,31-32,39-42,46-48,50,60,64-66,70-71H,12,16-17,24-28H2,1-11H3,(H,55,61)(H,56,68)/b14-13+,18-15+/t29-,31-,32-,39-,40?,41+,42-,46?,47?,48?,50?,53+,54-/m0/s1. The van der Waals surface area contributed by atoms with E-state index in [-0.39, 0.29) is 30.9 Å². The Morgan fingerprint density at radius 2 is 1.71 bits per heavy atom. The van der Waals surface area contributed by atoms with Crippen LogP contribution in [0.15, 0.2) is 54.6 Å². The predicted octanol–water partition coefficient (Wildman–Crippen LogP) is 2.19. The Kier molecular flexibility index (Phi) is 21.6. The van der Waals surface area contributed by atoms with Gasteiger partial charge in [0.2, 0.25) is 24.0 Å². The maximum absolute atomic E-state index is 14.4. The van der Waals surface area contributed by atoms with Gasteiger partial charge < -0.3 is 83.8 Å². The fourth-order valence-corrected chi connectivity index (χ4v) is 9.30. The molecule has 0 aliphatic carbocycles. The van der Waals surface area contributed by atoms with Gasteiger partial charge in [0.25, 0.3) is 0 Å².